The molecule has 2 aromatic rings. The molecular weight excluding hydrogens is 332 g/mol. The summed E-state index contributed by atoms with van der Waals surface area (Å²) in [4.78, 5) is 11.5. The number of phenolic OH excluding ortho intramolecular Hbond substituents is 1. The van der Waals surface area contributed by atoms with Gasteiger partial charge in [0.15, 0.2) is 0 Å². The normalized spacial score (nSPS) is 19.2. The zero-order valence-electron chi connectivity index (χ0n) is 14.9. The summed E-state index contributed by atoms with van der Waals surface area (Å²) in [5.74, 6) is 0.265. The fraction of sp³-hybridized carbons (Fsp3) is 0.316. The van der Waals surface area contributed by atoms with Crippen LogP contribution in [0, 0.1) is 6.92 Å². The number of hydrogen-bond donors (Lipinski definition) is 5. The van der Waals surface area contributed by atoms with Gasteiger partial charge in [-0.25, -0.2) is 15.6 Å². The Morgan fingerprint density at radius 2 is 2.00 bits per heavy atom. The van der Waals surface area contributed by atoms with Crippen LogP contribution in [0.3, 0.4) is 0 Å². The molecule has 0 aliphatic carbocycles. The third kappa shape index (κ3) is 4.44. The molecule has 0 bridgehead atoms. The standard InChI is InChI=1S/C19H24N4O3/c1-3-26-19(25)20-14-6-9-16(12(2)10-14)21-18-11-17(22-23-18)13-4-7-15(24)8-5-13/h4-10,17-18,21-24H,3,11H2,1-2H3,(H,20,25). The van der Waals surface area contributed by atoms with Crippen molar-refractivity contribution < 1.29 is 14.6 Å². The van der Waals surface area contributed by atoms with Gasteiger partial charge in [0, 0.05) is 23.8 Å². The largest absolute Gasteiger partial charge is 0.508 e. The van der Waals surface area contributed by atoms with Crippen molar-refractivity contribution in [1.29, 1.82) is 0 Å². The molecule has 0 aromatic heterocycles. The monoisotopic (exact) mass is 356 g/mol. The quantitative estimate of drug-likeness (QED) is 0.565. The Morgan fingerprint density at radius 1 is 1.23 bits per heavy atom. The average Bonchev–Trinajstić information content (AvgIpc) is 3.07. The van der Waals surface area contributed by atoms with Crippen LogP contribution in [0.1, 0.15) is 30.5 Å². The molecule has 26 heavy (non-hydrogen) atoms. The van der Waals surface area contributed by atoms with Crippen LogP contribution in [0.5, 0.6) is 5.75 Å². The number of aryl methyl sites for hydroxylation is 1. The lowest BCUT2D eigenvalue weighted by molar-refractivity contribution is 0.168. The molecular formula is C19H24N4O3. The number of anilines is 2. The van der Waals surface area contributed by atoms with Crippen molar-refractivity contribution in [2.75, 3.05) is 17.2 Å². The fourth-order valence-corrected chi connectivity index (χ4v) is 2.95. The highest BCUT2D eigenvalue weighted by Crippen LogP contribution is 2.26. The van der Waals surface area contributed by atoms with Crippen molar-refractivity contribution in [1.82, 2.24) is 10.9 Å². The summed E-state index contributed by atoms with van der Waals surface area (Å²) in [5.41, 5.74) is 10.3. The Hall–Kier alpha value is -2.77. The van der Waals surface area contributed by atoms with Crippen LogP contribution in [0.2, 0.25) is 0 Å². The highest BCUT2D eigenvalue weighted by Gasteiger charge is 2.25. The maximum atomic E-state index is 11.5. The second-order valence-corrected chi connectivity index (χ2v) is 6.24. The summed E-state index contributed by atoms with van der Waals surface area (Å²) in [6.07, 6.45) is 0.468. The molecule has 7 heteroatoms. The summed E-state index contributed by atoms with van der Waals surface area (Å²) in [6, 6.07) is 13.1. The van der Waals surface area contributed by atoms with E-state index in [0.717, 1.165) is 23.2 Å². The molecule has 1 heterocycles. The van der Waals surface area contributed by atoms with E-state index in [1.54, 1.807) is 19.1 Å². The van der Waals surface area contributed by atoms with Crippen molar-refractivity contribution >= 4 is 17.5 Å². The van der Waals surface area contributed by atoms with E-state index >= 15 is 0 Å². The minimum absolute atomic E-state index is 0.0661. The molecule has 0 saturated carbocycles. The number of ether oxygens (including phenoxy) is 1. The molecule has 3 rings (SSSR count). The van der Waals surface area contributed by atoms with E-state index in [2.05, 4.69) is 21.5 Å². The van der Waals surface area contributed by atoms with E-state index in [-0.39, 0.29) is 18.0 Å². The van der Waals surface area contributed by atoms with Crippen LogP contribution in [0.15, 0.2) is 42.5 Å². The van der Waals surface area contributed by atoms with Gasteiger partial charge in [-0.05, 0) is 55.3 Å². The number of rotatable bonds is 5. The Balaban J connectivity index is 1.59. The van der Waals surface area contributed by atoms with Gasteiger partial charge in [-0.3, -0.25) is 5.32 Å². The van der Waals surface area contributed by atoms with Gasteiger partial charge in [0.05, 0.1) is 12.8 Å². The summed E-state index contributed by atoms with van der Waals surface area (Å²) in [5, 5.41) is 15.6. The first-order chi connectivity index (χ1) is 12.5. The highest BCUT2D eigenvalue weighted by atomic mass is 16.5. The fourth-order valence-electron chi connectivity index (χ4n) is 2.95. The minimum Gasteiger partial charge on any atom is -0.508 e. The maximum Gasteiger partial charge on any atom is 0.411 e. The van der Waals surface area contributed by atoms with Crippen molar-refractivity contribution in [3.05, 3.63) is 53.6 Å². The number of benzene rings is 2. The number of phenols is 1. The first kappa shape index (κ1) is 18.0. The van der Waals surface area contributed by atoms with Gasteiger partial charge < -0.3 is 15.2 Å². The number of aromatic hydroxyl groups is 1. The lowest BCUT2D eigenvalue weighted by atomic mass is 10.0. The summed E-state index contributed by atoms with van der Waals surface area (Å²) in [6.45, 7) is 4.09. The maximum absolute atomic E-state index is 11.5. The zero-order valence-corrected chi connectivity index (χ0v) is 14.9. The first-order valence-electron chi connectivity index (χ1n) is 8.66. The van der Waals surface area contributed by atoms with Gasteiger partial charge in [0.1, 0.15) is 5.75 Å². The topological polar surface area (TPSA) is 94.7 Å². The average molecular weight is 356 g/mol. The number of nitrogens with one attached hydrogen (secondary N) is 4. The molecule has 2 unspecified atom stereocenters. The molecule has 2 atom stereocenters. The second-order valence-electron chi connectivity index (χ2n) is 6.24. The number of carbonyl (C=O) groups is 1. The Morgan fingerprint density at radius 3 is 2.69 bits per heavy atom. The van der Waals surface area contributed by atoms with Gasteiger partial charge in [-0.2, -0.15) is 0 Å². The smallest absolute Gasteiger partial charge is 0.411 e. The molecule has 1 saturated heterocycles. The summed E-state index contributed by atoms with van der Waals surface area (Å²) in [7, 11) is 0. The van der Waals surface area contributed by atoms with Crippen LogP contribution in [0.25, 0.3) is 0 Å². The SMILES string of the molecule is CCOC(=O)Nc1ccc(NC2CC(c3ccc(O)cc3)NN2)c(C)c1. The molecule has 1 aliphatic rings. The lowest BCUT2D eigenvalue weighted by Gasteiger charge is -2.17. The van der Waals surface area contributed by atoms with Gasteiger partial charge in [0.2, 0.25) is 0 Å². The van der Waals surface area contributed by atoms with Gasteiger partial charge in [-0.1, -0.05) is 12.1 Å². The van der Waals surface area contributed by atoms with Crippen LogP contribution in [-0.4, -0.2) is 24.0 Å². The molecule has 138 valence electrons. The van der Waals surface area contributed by atoms with Gasteiger partial charge in [-0.15, -0.1) is 0 Å². The van der Waals surface area contributed by atoms with Crippen LogP contribution in [0.4, 0.5) is 16.2 Å². The molecule has 0 radical (unpaired) electrons. The Labute approximate surface area is 152 Å². The van der Waals surface area contributed by atoms with E-state index in [0.29, 0.717) is 12.3 Å². The molecule has 1 amide bonds. The zero-order chi connectivity index (χ0) is 18.5. The minimum atomic E-state index is -0.453. The van der Waals surface area contributed by atoms with Crippen LogP contribution >= 0.6 is 0 Å². The van der Waals surface area contributed by atoms with E-state index in [4.69, 9.17) is 4.74 Å². The number of carbonyl (C=O) groups excluding carboxylic acids is 1. The predicted octanol–water partition coefficient (Wildman–Crippen LogP) is 3.25. The van der Waals surface area contributed by atoms with E-state index in [1.165, 1.54) is 0 Å². The van der Waals surface area contributed by atoms with Crippen molar-refractivity contribution in [2.45, 2.75) is 32.5 Å². The van der Waals surface area contributed by atoms with Gasteiger partial charge in [0.25, 0.3) is 0 Å². The number of hydrazine groups is 1. The Bertz CT molecular complexity index is 764. The molecule has 0 spiro atoms. The molecule has 1 aliphatic heterocycles. The highest BCUT2D eigenvalue weighted by molar-refractivity contribution is 5.85. The Kier molecular flexibility index (Phi) is 5.60. The summed E-state index contributed by atoms with van der Waals surface area (Å²) < 4.78 is 4.89. The molecule has 1 fully saturated rings. The van der Waals surface area contributed by atoms with E-state index < -0.39 is 6.09 Å². The number of hydrogen-bond acceptors (Lipinski definition) is 6. The third-order valence-electron chi connectivity index (χ3n) is 4.28. The van der Waals surface area contributed by atoms with Crippen molar-refractivity contribution in [2.24, 2.45) is 0 Å². The van der Waals surface area contributed by atoms with Gasteiger partial charge >= 0.3 is 6.09 Å². The third-order valence-corrected chi connectivity index (χ3v) is 4.28. The van der Waals surface area contributed by atoms with Crippen LogP contribution < -0.4 is 21.5 Å². The van der Waals surface area contributed by atoms with Crippen molar-refractivity contribution in [3.8, 4) is 5.75 Å². The summed E-state index contributed by atoms with van der Waals surface area (Å²) >= 11 is 0. The van der Waals surface area contributed by atoms with E-state index in [1.807, 2.05) is 37.3 Å². The second kappa shape index (κ2) is 8.07. The molecule has 2 aromatic carbocycles. The number of amides is 1. The van der Waals surface area contributed by atoms with E-state index in [9.17, 15) is 9.90 Å². The van der Waals surface area contributed by atoms with Crippen LogP contribution in [-0.2, 0) is 4.74 Å². The first-order valence-corrected chi connectivity index (χ1v) is 8.66. The molecule has 5 N–H and O–H groups in total. The molecule has 7 nitrogen and oxygen atoms in total. The predicted molar refractivity (Wildman–Crippen MR) is 101 cm³/mol. The lowest BCUT2D eigenvalue weighted by Crippen LogP contribution is -2.36. The van der Waals surface area contributed by atoms with Crippen molar-refractivity contribution in [3.63, 3.8) is 0 Å².